The summed E-state index contributed by atoms with van der Waals surface area (Å²) in [5.41, 5.74) is -0.852. The summed E-state index contributed by atoms with van der Waals surface area (Å²) in [4.78, 5) is 62.3. The number of rotatable bonds is 23. The predicted octanol–water partition coefficient (Wildman–Crippen LogP) is 4.17. The summed E-state index contributed by atoms with van der Waals surface area (Å²) in [6, 6.07) is 0. The maximum absolute atomic E-state index is 11.3. The van der Waals surface area contributed by atoms with Crippen molar-refractivity contribution in [2.75, 3.05) is 52.9 Å². The number of hydrogen-bond acceptors (Lipinski definition) is 14. The van der Waals surface area contributed by atoms with Crippen LogP contribution in [0.25, 0.3) is 0 Å². The van der Waals surface area contributed by atoms with Crippen LogP contribution in [0.1, 0.15) is 60.8 Å². The molecule has 0 saturated heterocycles. The maximum Gasteiger partial charge on any atom is 0.505 e. The van der Waals surface area contributed by atoms with E-state index in [4.69, 9.17) is 48.7 Å². The molecular formula is C27H46O16. The van der Waals surface area contributed by atoms with E-state index in [0.29, 0.717) is 0 Å². The van der Waals surface area contributed by atoms with E-state index in [1.165, 1.54) is 0 Å². The standard InChI is InChI=1S/C14H24O8.C13H22O8/c1-4-6-14(2,3)22-21-7-5-12(15)19-10-8-18-9-11-20-13(16)17;1-4-13(2,3)21-20-6-5-11(14)18-9-7-17-8-10-19-12(15)16/h5,7H,4,6,8-11H2,1-3H3,(H,16,17);5-6H,4,7-10H2,1-3H3,(H,15,16). The minimum Gasteiger partial charge on any atom is -0.460 e. The van der Waals surface area contributed by atoms with Gasteiger partial charge in [-0.25, -0.2) is 19.2 Å². The fraction of sp³-hybridized carbons (Fsp3) is 0.704. The molecule has 0 aliphatic rings. The van der Waals surface area contributed by atoms with Crippen LogP contribution in [0.3, 0.4) is 0 Å². The van der Waals surface area contributed by atoms with E-state index in [2.05, 4.69) is 9.47 Å². The molecule has 16 heteroatoms. The van der Waals surface area contributed by atoms with Gasteiger partial charge in [0.05, 0.1) is 38.6 Å². The summed E-state index contributed by atoms with van der Waals surface area (Å²) >= 11 is 0. The molecule has 0 spiro atoms. The lowest BCUT2D eigenvalue weighted by molar-refractivity contribution is -0.317. The van der Waals surface area contributed by atoms with E-state index in [1.807, 2.05) is 41.5 Å². The van der Waals surface area contributed by atoms with Crippen LogP contribution in [0, 0.1) is 0 Å². The highest BCUT2D eigenvalue weighted by Crippen LogP contribution is 2.16. The van der Waals surface area contributed by atoms with Crippen LogP contribution in [0.2, 0.25) is 0 Å². The highest BCUT2D eigenvalue weighted by Gasteiger charge is 2.18. The molecule has 0 amide bonds. The monoisotopic (exact) mass is 626 g/mol. The van der Waals surface area contributed by atoms with Gasteiger partial charge in [0.25, 0.3) is 0 Å². The molecule has 0 rings (SSSR count). The lowest BCUT2D eigenvalue weighted by atomic mass is 10.0. The number of esters is 2. The van der Waals surface area contributed by atoms with Crippen molar-refractivity contribution in [3.05, 3.63) is 24.7 Å². The van der Waals surface area contributed by atoms with Crippen molar-refractivity contribution in [1.29, 1.82) is 0 Å². The van der Waals surface area contributed by atoms with Crippen LogP contribution in [0.15, 0.2) is 24.7 Å². The van der Waals surface area contributed by atoms with Crippen LogP contribution in [0.5, 0.6) is 0 Å². The van der Waals surface area contributed by atoms with E-state index in [9.17, 15) is 19.2 Å². The van der Waals surface area contributed by atoms with Crippen LogP contribution in [0.4, 0.5) is 9.59 Å². The summed E-state index contributed by atoms with van der Waals surface area (Å²) in [6.07, 6.45) is 4.22. The molecule has 0 heterocycles. The summed E-state index contributed by atoms with van der Waals surface area (Å²) < 4.78 is 28.0. The zero-order valence-corrected chi connectivity index (χ0v) is 25.7. The van der Waals surface area contributed by atoms with Gasteiger partial charge in [-0.15, -0.1) is 0 Å². The largest absolute Gasteiger partial charge is 0.505 e. The quantitative estimate of drug-likeness (QED) is 0.0311. The average Bonchev–Trinajstić information content (AvgIpc) is 2.92. The Morgan fingerprint density at radius 3 is 1.30 bits per heavy atom. The van der Waals surface area contributed by atoms with E-state index in [0.717, 1.165) is 43.9 Å². The van der Waals surface area contributed by atoms with Crippen molar-refractivity contribution < 1.29 is 77.4 Å². The third kappa shape index (κ3) is 32.8. The van der Waals surface area contributed by atoms with Crippen molar-refractivity contribution in [2.45, 2.75) is 72.0 Å². The van der Waals surface area contributed by atoms with Gasteiger partial charge in [0.1, 0.15) is 50.2 Å². The molecule has 0 radical (unpaired) electrons. The van der Waals surface area contributed by atoms with Crippen molar-refractivity contribution in [1.82, 2.24) is 0 Å². The minimum atomic E-state index is -1.36. The molecule has 0 aromatic rings. The zero-order valence-electron chi connectivity index (χ0n) is 25.7. The molecule has 43 heavy (non-hydrogen) atoms. The lowest BCUT2D eigenvalue weighted by Gasteiger charge is -2.21. The third-order valence-corrected chi connectivity index (χ3v) is 4.62. The maximum atomic E-state index is 11.3. The second-order valence-electron chi connectivity index (χ2n) is 9.38. The van der Waals surface area contributed by atoms with Crippen LogP contribution >= 0.6 is 0 Å². The van der Waals surface area contributed by atoms with Crippen molar-refractivity contribution in [2.24, 2.45) is 0 Å². The van der Waals surface area contributed by atoms with E-state index < -0.39 is 35.5 Å². The van der Waals surface area contributed by atoms with Gasteiger partial charge in [-0.05, 0) is 40.5 Å². The third-order valence-electron chi connectivity index (χ3n) is 4.62. The smallest absolute Gasteiger partial charge is 0.460 e. The van der Waals surface area contributed by atoms with Crippen molar-refractivity contribution in [3.63, 3.8) is 0 Å². The van der Waals surface area contributed by atoms with Gasteiger partial charge in [-0.3, -0.25) is 0 Å². The molecule has 250 valence electrons. The van der Waals surface area contributed by atoms with E-state index in [-0.39, 0.29) is 52.9 Å². The Hall–Kier alpha value is -3.60. The second kappa shape index (κ2) is 26.1. The van der Waals surface area contributed by atoms with Gasteiger partial charge in [0.2, 0.25) is 0 Å². The fourth-order valence-corrected chi connectivity index (χ4v) is 2.26. The number of hydrogen-bond donors (Lipinski definition) is 2. The molecule has 0 saturated carbocycles. The first-order valence-corrected chi connectivity index (χ1v) is 13.5. The van der Waals surface area contributed by atoms with Gasteiger partial charge in [-0.1, -0.05) is 20.3 Å². The molecule has 0 aromatic carbocycles. The Morgan fingerprint density at radius 1 is 0.581 bits per heavy atom. The highest BCUT2D eigenvalue weighted by molar-refractivity contribution is 5.81. The van der Waals surface area contributed by atoms with Crippen LogP contribution in [-0.2, 0) is 57.6 Å². The van der Waals surface area contributed by atoms with Gasteiger partial charge >= 0.3 is 24.2 Å². The fourth-order valence-electron chi connectivity index (χ4n) is 2.26. The first kappa shape index (κ1) is 41.5. The normalized spacial score (nSPS) is 11.4. The summed E-state index contributed by atoms with van der Waals surface area (Å²) in [5.74, 6) is -1.19. The highest BCUT2D eigenvalue weighted by atomic mass is 17.2. The Morgan fingerprint density at radius 2 is 0.953 bits per heavy atom. The molecular weight excluding hydrogens is 580 g/mol. The molecule has 0 bridgehead atoms. The van der Waals surface area contributed by atoms with E-state index in [1.54, 1.807) is 0 Å². The van der Waals surface area contributed by atoms with Gasteiger partial charge < -0.3 is 48.4 Å². The van der Waals surface area contributed by atoms with Gasteiger partial charge in [0, 0.05) is 0 Å². The van der Waals surface area contributed by atoms with Crippen molar-refractivity contribution >= 4 is 24.2 Å². The van der Waals surface area contributed by atoms with E-state index >= 15 is 0 Å². The summed E-state index contributed by atoms with van der Waals surface area (Å²) in [6.45, 7) is 11.9. The van der Waals surface area contributed by atoms with Crippen molar-refractivity contribution in [3.8, 4) is 0 Å². The molecule has 0 aromatic heterocycles. The topological polar surface area (TPSA) is 201 Å². The Labute approximate surface area is 251 Å². The number of ether oxygens (including phenoxy) is 6. The minimum absolute atomic E-state index is 0.0392. The molecule has 0 fully saturated rings. The number of carbonyl (C=O) groups is 4. The molecule has 0 aliphatic heterocycles. The lowest BCUT2D eigenvalue weighted by Crippen LogP contribution is -2.23. The van der Waals surface area contributed by atoms with Gasteiger partial charge in [-0.2, -0.15) is 9.78 Å². The Bertz CT molecular complexity index is 822. The number of carboxylic acid groups (broad SMARTS) is 2. The molecule has 16 nitrogen and oxygen atoms in total. The first-order chi connectivity index (χ1) is 20.2. The summed E-state index contributed by atoms with van der Waals surface area (Å²) in [7, 11) is 0. The summed E-state index contributed by atoms with van der Waals surface area (Å²) in [5, 5.41) is 16.4. The Balaban J connectivity index is 0. The van der Waals surface area contributed by atoms with Gasteiger partial charge in [0.15, 0.2) is 0 Å². The SMILES string of the molecule is CCC(C)(C)OOC=CC(=O)OCCOCCOC(=O)O.CCCC(C)(C)OOC=CC(=O)OCCOCCOC(=O)O. The molecule has 0 unspecified atom stereocenters. The average molecular weight is 627 g/mol. The molecule has 0 aliphatic carbocycles. The number of carbonyl (C=O) groups excluding carboxylic acids is 2. The predicted molar refractivity (Wildman–Crippen MR) is 147 cm³/mol. The van der Waals surface area contributed by atoms with Crippen LogP contribution < -0.4 is 0 Å². The van der Waals surface area contributed by atoms with Crippen LogP contribution in [-0.4, -0.2) is 98.5 Å². The zero-order chi connectivity index (χ0) is 33.0. The first-order valence-electron chi connectivity index (χ1n) is 13.5. The molecule has 0 atom stereocenters. The second-order valence-corrected chi connectivity index (χ2v) is 9.38. The molecule has 2 N–H and O–H groups in total. The Kier molecular flexibility index (Phi) is 25.2.